The monoisotopic (exact) mass is 343 g/mol. The molecule has 0 aliphatic carbocycles. The van der Waals surface area contributed by atoms with E-state index in [0.29, 0.717) is 6.54 Å². The number of hydrogen-bond donors (Lipinski definition) is 1. The Morgan fingerprint density at radius 3 is 2.92 bits per heavy atom. The number of benzene rings is 2. The molecule has 26 heavy (non-hydrogen) atoms. The van der Waals surface area contributed by atoms with Gasteiger partial charge < -0.3 is 10.1 Å². The number of rotatable bonds is 4. The highest BCUT2D eigenvalue weighted by molar-refractivity contribution is 5.77. The topological polar surface area (TPSA) is 64.3 Å². The fourth-order valence-corrected chi connectivity index (χ4v) is 3.40. The molecular weight excluding hydrogens is 326 g/mol. The summed E-state index contributed by atoms with van der Waals surface area (Å²) in [6.07, 6.45) is 4.49. The van der Waals surface area contributed by atoms with Crippen LogP contribution >= 0.6 is 0 Å². The lowest BCUT2D eigenvalue weighted by atomic mass is 10.1. The minimum Gasteiger partial charge on any atom is -0.493 e. The summed E-state index contributed by atoms with van der Waals surface area (Å²) in [5.74, 6) is 1.72. The molecule has 5 rings (SSSR count). The van der Waals surface area contributed by atoms with Gasteiger partial charge in [0.15, 0.2) is 5.65 Å². The summed E-state index contributed by atoms with van der Waals surface area (Å²) in [7, 11) is 0. The van der Waals surface area contributed by atoms with Crippen LogP contribution in [-0.2, 0) is 13.0 Å². The van der Waals surface area contributed by atoms with Crippen molar-refractivity contribution in [1.29, 1.82) is 0 Å². The Kier molecular flexibility index (Phi) is 3.52. The summed E-state index contributed by atoms with van der Waals surface area (Å²) >= 11 is 0. The molecule has 0 atom stereocenters. The van der Waals surface area contributed by atoms with E-state index in [-0.39, 0.29) is 0 Å². The van der Waals surface area contributed by atoms with Crippen molar-refractivity contribution in [3.63, 3.8) is 0 Å². The van der Waals surface area contributed by atoms with Crippen LogP contribution in [0.2, 0.25) is 0 Å². The first-order valence-corrected chi connectivity index (χ1v) is 8.62. The molecule has 6 heteroatoms. The lowest BCUT2D eigenvalue weighted by molar-refractivity contribution is 0.357. The molecule has 0 fully saturated rings. The second-order valence-corrected chi connectivity index (χ2v) is 6.23. The predicted octanol–water partition coefficient (Wildman–Crippen LogP) is 3.34. The second kappa shape index (κ2) is 6.15. The molecule has 0 amide bonds. The van der Waals surface area contributed by atoms with Crippen LogP contribution in [0.15, 0.2) is 61.1 Å². The van der Waals surface area contributed by atoms with Crippen molar-refractivity contribution in [1.82, 2.24) is 19.6 Å². The van der Waals surface area contributed by atoms with Crippen molar-refractivity contribution < 1.29 is 4.74 Å². The summed E-state index contributed by atoms with van der Waals surface area (Å²) in [4.78, 5) is 4.60. The van der Waals surface area contributed by atoms with E-state index in [1.165, 1.54) is 11.1 Å². The van der Waals surface area contributed by atoms with E-state index in [1.807, 2.05) is 53.1 Å². The van der Waals surface area contributed by atoms with E-state index in [1.54, 1.807) is 6.33 Å². The largest absolute Gasteiger partial charge is 0.493 e. The standard InChI is InChI=1S/C20H17N5O/c1-2-5-14(6-3-1)17-12-22-20(25-13-23-24-19(17)25)21-11-15-7-4-8-18-16(15)9-10-26-18/h1-8,12-13H,9-11H2,(H,21,22). The average Bonchev–Trinajstić information content (AvgIpc) is 3.36. The number of ether oxygens (including phenoxy) is 1. The first kappa shape index (κ1) is 14.9. The van der Waals surface area contributed by atoms with Gasteiger partial charge in [-0.3, -0.25) is 4.40 Å². The summed E-state index contributed by atoms with van der Waals surface area (Å²) < 4.78 is 7.54. The molecule has 1 N–H and O–H groups in total. The minimum atomic E-state index is 0.678. The molecule has 0 unspecified atom stereocenters. The van der Waals surface area contributed by atoms with Gasteiger partial charge >= 0.3 is 0 Å². The van der Waals surface area contributed by atoms with E-state index in [4.69, 9.17) is 4.74 Å². The van der Waals surface area contributed by atoms with Gasteiger partial charge in [-0.15, -0.1) is 10.2 Å². The van der Waals surface area contributed by atoms with Gasteiger partial charge in [0, 0.05) is 30.3 Å². The lowest BCUT2D eigenvalue weighted by Crippen LogP contribution is -2.08. The molecule has 1 aliphatic rings. The molecule has 3 heterocycles. The summed E-state index contributed by atoms with van der Waals surface area (Å²) in [5.41, 5.74) is 5.33. The molecule has 1 aliphatic heterocycles. The molecule has 0 saturated carbocycles. The van der Waals surface area contributed by atoms with Crippen molar-refractivity contribution in [3.8, 4) is 16.9 Å². The first-order valence-electron chi connectivity index (χ1n) is 8.62. The van der Waals surface area contributed by atoms with Crippen LogP contribution in [0.25, 0.3) is 16.8 Å². The Bertz CT molecular complexity index is 1070. The zero-order chi connectivity index (χ0) is 17.3. The van der Waals surface area contributed by atoms with Crippen LogP contribution in [0.1, 0.15) is 11.1 Å². The first-order chi connectivity index (χ1) is 12.9. The molecule has 0 saturated heterocycles. The highest BCUT2D eigenvalue weighted by Crippen LogP contribution is 2.29. The van der Waals surface area contributed by atoms with E-state index < -0.39 is 0 Å². The normalized spacial score (nSPS) is 12.8. The van der Waals surface area contributed by atoms with Gasteiger partial charge in [0.2, 0.25) is 5.95 Å². The second-order valence-electron chi connectivity index (χ2n) is 6.23. The molecule has 6 nitrogen and oxygen atoms in total. The molecule has 2 aromatic carbocycles. The third kappa shape index (κ3) is 2.47. The van der Waals surface area contributed by atoms with E-state index in [0.717, 1.165) is 41.5 Å². The maximum absolute atomic E-state index is 5.65. The van der Waals surface area contributed by atoms with Crippen molar-refractivity contribution >= 4 is 11.6 Å². The Morgan fingerprint density at radius 2 is 2.00 bits per heavy atom. The number of fused-ring (bicyclic) bond motifs is 2. The van der Waals surface area contributed by atoms with Gasteiger partial charge in [-0.2, -0.15) is 0 Å². The summed E-state index contributed by atoms with van der Waals surface area (Å²) in [6.45, 7) is 1.43. The Balaban J connectivity index is 1.48. The Hall–Kier alpha value is -3.41. The lowest BCUT2D eigenvalue weighted by Gasteiger charge is -2.11. The zero-order valence-electron chi connectivity index (χ0n) is 14.1. The summed E-state index contributed by atoms with van der Waals surface area (Å²) in [5, 5.41) is 11.8. The van der Waals surface area contributed by atoms with Gasteiger partial charge in [0.05, 0.1) is 6.61 Å². The molecule has 0 bridgehead atoms. The van der Waals surface area contributed by atoms with Crippen LogP contribution in [0.3, 0.4) is 0 Å². The highest BCUT2D eigenvalue weighted by Gasteiger charge is 2.16. The number of nitrogens with one attached hydrogen (secondary N) is 1. The Labute approximate surface area is 150 Å². The van der Waals surface area contributed by atoms with E-state index in [2.05, 4.69) is 26.6 Å². The third-order valence-corrected chi connectivity index (χ3v) is 4.69. The number of hydrogen-bond acceptors (Lipinski definition) is 5. The van der Waals surface area contributed by atoms with Crippen LogP contribution in [0.5, 0.6) is 5.75 Å². The van der Waals surface area contributed by atoms with Crippen LogP contribution in [0.4, 0.5) is 5.95 Å². The van der Waals surface area contributed by atoms with E-state index in [9.17, 15) is 0 Å². The van der Waals surface area contributed by atoms with Gasteiger partial charge in [-0.05, 0) is 17.2 Å². The van der Waals surface area contributed by atoms with Gasteiger partial charge in [-0.1, -0.05) is 42.5 Å². The maximum atomic E-state index is 5.65. The molecular formula is C20H17N5O. The number of anilines is 1. The van der Waals surface area contributed by atoms with Crippen molar-refractivity contribution in [2.75, 3.05) is 11.9 Å². The van der Waals surface area contributed by atoms with Gasteiger partial charge in [-0.25, -0.2) is 4.98 Å². The number of nitrogens with zero attached hydrogens (tertiary/aromatic N) is 4. The third-order valence-electron chi connectivity index (χ3n) is 4.69. The zero-order valence-corrected chi connectivity index (χ0v) is 14.1. The quantitative estimate of drug-likeness (QED) is 0.616. The SMILES string of the molecule is c1ccc(-c2cnc(NCc3cccc4c3CCO4)n3cnnc23)cc1. The van der Waals surface area contributed by atoms with Crippen LogP contribution in [0, 0.1) is 0 Å². The minimum absolute atomic E-state index is 0.678. The highest BCUT2D eigenvalue weighted by atomic mass is 16.5. The average molecular weight is 343 g/mol. The molecule has 4 aromatic rings. The molecule has 128 valence electrons. The Morgan fingerprint density at radius 1 is 1.08 bits per heavy atom. The smallest absolute Gasteiger partial charge is 0.210 e. The van der Waals surface area contributed by atoms with Gasteiger partial charge in [0.25, 0.3) is 0 Å². The van der Waals surface area contributed by atoms with Crippen molar-refractivity contribution in [3.05, 3.63) is 72.2 Å². The molecule has 0 radical (unpaired) electrons. The fraction of sp³-hybridized carbons (Fsp3) is 0.150. The van der Waals surface area contributed by atoms with Crippen LogP contribution < -0.4 is 10.1 Å². The summed E-state index contributed by atoms with van der Waals surface area (Å²) in [6, 6.07) is 16.3. The number of aromatic nitrogens is 4. The maximum Gasteiger partial charge on any atom is 0.210 e. The molecule has 2 aromatic heterocycles. The predicted molar refractivity (Wildman–Crippen MR) is 99.2 cm³/mol. The van der Waals surface area contributed by atoms with Crippen molar-refractivity contribution in [2.24, 2.45) is 0 Å². The van der Waals surface area contributed by atoms with Gasteiger partial charge in [0.1, 0.15) is 12.1 Å². The molecule has 0 spiro atoms. The van der Waals surface area contributed by atoms with E-state index >= 15 is 0 Å². The van der Waals surface area contributed by atoms with Crippen molar-refractivity contribution in [2.45, 2.75) is 13.0 Å². The fourth-order valence-electron chi connectivity index (χ4n) is 3.40. The van der Waals surface area contributed by atoms with Crippen LogP contribution in [-0.4, -0.2) is 26.2 Å².